The van der Waals surface area contributed by atoms with Crippen molar-refractivity contribution in [3.05, 3.63) is 53.6 Å². The van der Waals surface area contributed by atoms with Gasteiger partial charge in [-0.1, -0.05) is 36.6 Å². The molecule has 0 heterocycles. The molecule has 0 amide bonds. The average Bonchev–Trinajstić information content (AvgIpc) is 2.64. The summed E-state index contributed by atoms with van der Waals surface area (Å²) in [6, 6.07) is 12.3. The van der Waals surface area contributed by atoms with Gasteiger partial charge in [-0.25, -0.2) is 13.1 Å². The van der Waals surface area contributed by atoms with Crippen LogP contribution < -0.4 is 9.46 Å². The predicted molar refractivity (Wildman–Crippen MR) is 102 cm³/mol. The van der Waals surface area contributed by atoms with E-state index in [1.165, 1.54) is 24.3 Å². The van der Waals surface area contributed by atoms with Crippen LogP contribution in [0.3, 0.4) is 0 Å². The van der Waals surface area contributed by atoms with Crippen LogP contribution in [-0.4, -0.2) is 25.5 Å². The van der Waals surface area contributed by atoms with Gasteiger partial charge in [0.2, 0.25) is 10.0 Å². The largest absolute Gasteiger partial charge is 0.481 e. The molecule has 2 aromatic carbocycles. The highest BCUT2D eigenvalue weighted by Gasteiger charge is 2.33. The number of nitrogens with one attached hydrogen (secondary N) is 1. The van der Waals surface area contributed by atoms with Gasteiger partial charge >= 0.3 is 5.97 Å². The third-order valence-corrected chi connectivity index (χ3v) is 6.41. The normalized spacial score (nSPS) is 20.2. The molecule has 0 aromatic heterocycles. The summed E-state index contributed by atoms with van der Waals surface area (Å²) in [5.41, 5.74) is 0. The highest BCUT2D eigenvalue weighted by atomic mass is 35.5. The minimum absolute atomic E-state index is 0.0590. The summed E-state index contributed by atoms with van der Waals surface area (Å²) in [5.74, 6) is -0.746. The summed E-state index contributed by atoms with van der Waals surface area (Å²) in [5, 5.41) is 9.76. The van der Waals surface area contributed by atoms with E-state index in [0.29, 0.717) is 29.4 Å². The number of carbonyl (C=O) groups is 1. The second-order valence-corrected chi connectivity index (χ2v) is 8.58. The molecular weight excluding hydrogens is 390 g/mol. The molecule has 2 aromatic rings. The fourth-order valence-electron chi connectivity index (χ4n) is 3.18. The molecule has 0 aliphatic heterocycles. The summed E-state index contributed by atoms with van der Waals surface area (Å²) < 4.78 is 33.5. The zero-order valence-electron chi connectivity index (χ0n) is 14.5. The van der Waals surface area contributed by atoms with Crippen molar-refractivity contribution in [1.29, 1.82) is 0 Å². The maximum Gasteiger partial charge on any atom is 0.308 e. The van der Waals surface area contributed by atoms with Crippen LogP contribution in [0.2, 0.25) is 5.02 Å². The number of rotatable bonds is 6. The Hall–Kier alpha value is -2.09. The predicted octanol–water partition coefficient (Wildman–Crippen LogP) is 4.05. The Morgan fingerprint density at radius 2 is 1.74 bits per heavy atom. The standard InChI is InChI=1S/C19H20ClNO5S/c20-16-6-2-4-8-18(16)26-13-9-11-14(12-10-13)27(24,25)21-17-7-3-1-5-15(17)19(22)23/h2,4,6,8-12,15,17,21H,1,3,5,7H2,(H,22,23)/t15-,17-/m1/s1. The first-order valence-electron chi connectivity index (χ1n) is 8.64. The molecule has 2 N–H and O–H groups in total. The first kappa shape index (κ1) is 19.7. The topological polar surface area (TPSA) is 92.7 Å². The van der Waals surface area contributed by atoms with Crippen molar-refractivity contribution < 1.29 is 23.1 Å². The molecule has 1 saturated carbocycles. The van der Waals surface area contributed by atoms with Crippen LogP contribution in [0.4, 0.5) is 0 Å². The lowest BCUT2D eigenvalue weighted by atomic mass is 9.85. The van der Waals surface area contributed by atoms with E-state index in [1.807, 2.05) is 0 Å². The molecule has 1 fully saturated rings. The lowest BCUT2D eigenvalue weighted by Gasteiger charge is -2.29. The Labute approximate surface area is 163 Å². The van der Waals surface area contributed by atoms with Gasteiger partial charge in [0.05, 0.1) is 15.8 Å². The van der Waals surface area contributed by atoms with Crippen molar-refractivity contribution in [2.75, 3.05) is 0 Å². The van der Waals surface area contributed by atoms with Gasteiger partial charge in [-0.2, -0.15) is 0 Å². The number of sulfonamides is 1. The molecule has 6 nitrogen and oxygen atoms in total. The maximum absolute atomic E-state index is 12.6. The van der Waals surface area contributed by atoms with Gasteiger partial charge in [0.25, 0.3) is 0 Å². The molecule has 0 spiro atoms. The zero-order chi connectivity index (χ0) is 19.4. The number of hydrogen-bond donors (Lipinski definition) is 2. The van der Waals surface area contributed by atoms with Crippen LogP contribution in [0.15, 0.2) is 53.4 Å². The average molecular weight is 410 g/mol. The molecule has 27 heavy (non-hydrogen) atoms. The minimum atomic E-state index is -3.82. The van der Waals surface area contributed by atoms with Crippen LogP contribution in [-0.2, 0) is 14.8 Å². The van der Waals surface area contributed by atoms with Crippen LogP contribution >= 0.6 is 11.6 Å². The Kier molecular flexibility index (Phi) is 6.04. The van der Waals surface area contributed by atoms with Crippen molar-refractivity contribution in [2.24, 2.45) is 5.92 Å². The van der Waals surface area contributed by atoms with Crippen LogP contribution in [0.5, 0.6) is 11.5 Å². The fraction of sp³-hybridized carbons (Fsp3) is 0.316. The van der Waals surface area contributed by atoms with Crippen molar-refractivity contribution in [3.63, 3.8) is 0 Å². The Balaban J connectivity index is 1.73. The lowest BCUT2D eigenvalue weighted by molar-refractivity contribution is -0.143. The van der Waals surface area contributed by atoms with Gasteiger partial charge < -0.3 is 9.84 Å². The number of ether oxygens (including phenoxy) is 1. The summed E-state index contributed by atoms with van der Waals surface area (Å²) in [4.78, 5) is 11.4. The highest BCUT2D eigenvalue weighted by molar-refractivity contribution is 7.89. The summed E-state index contributed by atoms with van der Waals surface area (Å²) in [6.45, 7) is 0. The van der Waals surface area contributed by atoms with Gasteiger partial charge in [0.15, 0.2) is 0 Å². The first-order valence-corrected chi connectivity index (χ1v) is 10.5. The molecule has 0 saturated heterocycles. The van der Waals surface area contributed by atoms with Crippen LogP contribution in [0.1, 0.15) is 25.7 Å². The van der Waals surface area contributed by atoms with Crippen molar-refractivity contribution in [1.82, 2.24) is 4.72 Å². The maximum atomic E-state index is 12.6. The lowest BCUT2D eigenvalue weighted by Crippen LogP contribution is -2.44. The fourth-order valence-corrected chi connectivity index (χ4v) is 4.66. The third kappa shape index (κ3) is 4.80. The number of carboxylic acid groups (broad SMARTS) is 1. The van der Waals surface area contributed by atoms with Gasteiger partial charge in [0.1, 0.15) is 11.5 Å². The van der Waals surface area contributed by atoms with Gasteiger partial charge in [-0.3, -0.25) is 4.79 Å². The van der Waals surface area contributed by atoms with Gasteiger partial charge in [0, 0.05) is 6.04 Å². The van der Waals surface area contributed by atoms with E-state index in [-0.39, 0.29) is 4.90 Å². The highest BCUT2D eigenvalue weighted by Crippen LogP contribution is 2.30. The summed E-state index contributed by atoms with van der Waals surface area (Å²) in [6.07, 6.45) is 2.60. The van der Waals surface area contributed by atoms with E-state index >= 15 is 0 Å². The molecule has 2 atom stereocenters. The number of hydrogen-bond acceptors (Lipinski definition) is 4. The van der Waals surface area contributed by atoms with Gasteiger partial charge in [-0.05, 0) is 49.2 Å². The van der Waals surface area contributed by atoms with Crippen LogP contribution in [0, 0.1) is 5.92 Å². The van der Waals surface area contributed by atoms with E-state index in [4.69, 9.17) is 16.3 Å². The number of halogens is 1. The Morgan fingerprint density at radius 1 is 1.07 bits per heavy atom. The molecule has 0 radical (unpaired) electrons. The number of benzene rings is 2. The van der Waals surface area contributed by atoms with E-state index in [0.717, 1.165) is 12.8 Å². The molecule has 0 unspecified atom stereocenters. The molecule has 1 aliphatic rings. The van der Waals surface area contributed by atoms with Crippen molar-refractivity contribution in [3.8, 4) is 11.5 Å². The van der Waals surface area contributed by atoms with Crippen LogP contribution in [0.25, 0.3) is 0 Å². The van der Waals surface area contributed by atoms with E-state index in [2.05, 4.69) is 4.72 Å². The van der Waals surface area contributed by atoms with E-state index in [1.54, 1.807) is 24.3 Å². The SMILES string of the molecule is O=C(O)[C@@H]1CCCC[C@H]1NS(=O)(=O)c1ccc(Oc2ccccc2Cl)cc1. The monoisotopic (exact) mass is 409 g/mol. The van der Waals surface area contributed by atoms with Crippen molar-refractivity contribution >= 4 is 27.6 Å². The molecule has 8 heteroatoms. The Bertz CT molecular complexity index is 914. The molecule has 144 valence electrons. The third-order valence-electron chi connectivity index (χ3n) is 4.59. The quantitative estimate of drug-likeness (QED) is 0.750. The minimum Gasteiger partial charge on any atom is -0.481 e. The van der Waals surface area contributed by atoms with E-state index in [9.17, 15) is 18.3 Å². The number of carboxylic acids is 1. The molecular formula is C19H20ClNO5S. The molecule has 1 aliphatic carbocycles. The second kappa shape index (κ2) is 8.29. The first-order chi connectivity index (χ1) is 12.9. The zero-order valence-corrected chi connectivity index (χ0v) is 16.0. The second-order valence-electron chi connectivity index (χ2n) is 6.46. The molecule has 3 rings (SSSR count). The number of para-hydroxylation sites is 1. The Morgan fingerprint density at radius 3 is 2.41 bits per heavy atom. The van der Waals surface area contributed by atoms with Crippen molar-refractivity contribution in [2.45, 2.75) is 36.6 Å². The summed E-state index contributed by atoms with van der Waals surface area (Å²) >= 11 is 6.05. The number of aliphatic carboxylic acids is 1. The molecule has 0 bridgehead atoms. The summed E-state index contributed by atoms with van der Waals surface area (Å²) in [7, 11) is -3.82. The van der Waals surface area contributed by atoms with Gasteiger partial charge in [-0.15, -0.1) is 0 Å². The smallest absolute Gasteiger partial charge is 0.308 e. The van der Waals surface area contributed by atoms with E-state index < -0.39 is 28.0 Å².